The van der Waals surface area contributed by atoms with Crippen LogP contribution >= 0.6 is 0 Å². The molecule has 0 spiro atoms. The minimum absolute atomic E-state index is 0.0103. The van der Waals surface area contributed by atoms with Crippen LogP contribution in [0.3, 0.4) is 0 Å². The molecule has 9 heteroatoms. The molecule has 1 aromatic carbocycles. The Morgan fingerprint density at radius 3 is 2.43 bits per heavy atom. The summed E-state index contributed by atoms with van der Waals surface area (Å²) in [5, 5.41) is 3.38. The smallest absolute Gasteiger partial charge is 0.415 e. The lowest BCUT2D eigenvalue weighted by Gasteiger charge is -2.40. The Bertz CT molecular complexity index is 1110. The van der Waals surface area contributed by atoms with Crippen molar-refractivity contribution >= 4 is 23.8 Å². The summed E-state index contributed by atoms with van der Waals surface area (Å²) in [5.41, 5.74) is 3.21. The molecule has 198 valence electrons. The van der Waals surface area contributed by atoms with Crippen molar-refractivity contribution in [3.8, 4) is 0 Å². The van der Waals surface area contributed by atoms with Crippen molar-refractivity contribution in [3.05, 3.63) is 59.8 Å². The maximum Gasteiger partial charge on any atom is 0.415 e. The largest absolute Gasteiger partial charge is 0.444 e. The van der Waals surface area contributed by atoms with Gasteiger partial charge in [-0.3, -0.25) is 14.6 Å². The van der Waals surface area contributed by atoms with Gasteiger partial charge in [-0.05, 0) is 43.4 Å². The molecule has 0 radical (unpaired) electrons. The second kappa shape index (κ2) is 11.7. The normalized spacial score (nSPS) is 17.7. The summed E-state index contributed by atoms with van der Waals surface area (Å²) < 4.78 is 5.18. The highest BCUT2D eigenvalue weighted by Gasteiger charge is 2.28. The zero-order valence-corrected chi connectivity index (χ0v) is 22.3. The number of carbonyl (C=O) groups is 2. The summed E-state index contributed by atoms with van der Waals surface area (Å²) in [7, 11) is 0. The number of fused-ring (bicyclic) bond motifs is 1. The minimum Gasteiger partial charge on any atom is -0.444 e. The number of ether oxygens (including phenoxy) is 1. The molecule has 4 rings (SSSR count). The van der Waals surface area contributed by atoms with E-state index in [1.165, 1.54) is 16.5 Å². The molecule has 3 heterocycles. The number of carbonyl (C=O) groups excluding carboxylic acids is 2. The first-order valence-electron chi connectivity index (χ1n) is 13.1. The Morgan fingerprint density at radius 1 is 1.14 bits per heavy atom. The standard InChI is InChI=1S/C28H38N6O3/c1-6-25(35)33-14-12-32(13-15-33)24(16-19(3)4)22-10-8-21(9-11-22)20(5)30-27-29-17-23-18-37-28(36)34(7-2)26(23)31-27/h6,8-11,17,19-20,24H,1,7,12-16,18H2,2-5H3,(H,29,30,31). The van der Waals surface area contributed by atoms with Gasteiger partial charge in [0.2, 0.25) is 11.9 Å². The Hall–Kier alpha value is -3.46. The quantitative estimate of drug-likeness (QED) is 0.499. The van der Waals surface area contributed by atoms with Gasteiger partial charge in [0.15, 0.2) is 0 Å². The van der Waals surface area contributed by atoms with Crippen LogP contribution in [0.2, 0.25) is 0 Å². The van der Waals surface area contributed by atoms with Crippen molar-refractivity contribution in [2.24, 2.45) is 5.92 Å². The number of hydrogen-bond acceptors (Lipinski definition) is 7. The molecule has 2 aliphatic heterocycles. The van der Waals surface area contributed by atoms with Crippen molar-refractivity contribution in [2.75, 3.05) is 42.9 Å². The van der Waals surface area contributed by atoms with Gasteiger partial charge in [-0.1, -0.05) is 44.7 Å². The van der Waals surface area contributed by atoms with Gasteiger partial charge in [0.1, 0.15) is 12.4 Å². The van der Waals surface area contributed by atoms with Gasteiger partial charge in [-0.15, -0.1) is 0 Å². The average molecular weight is 507 g/mol. The Kier molecular flexibility index (Phi) is 8.43. The Balaban J connectivity index is 1.45. The lowest BCUT2D eigenvalue weighted by atomic mass is 9.93. The molecule has 2 aliphatic rings. The number of nitrogens with one attached hydrogen (secondary N) is 1. The third-order valence-electron chi connectivity index (χ3n) is 7.09. The highest BCUT2D eigenvalue weighted by Crippen LogP contribution is 2.31. The highest BCUT2D eigenvalue weighted by atomic mass is 16.6. The number of hydrogen-bond donors (Lipinski definition) is 1. The summed E-state index contributed by atoms with van der Waals surface area (Å²) in [6.07, 6.45) is 3.79. The van der Waals surface area contributed by atoms with E-state index < -0.39 is 0 Å². The van der Waals surface area contributed by atoms with E-state index >= 15 is 0 Å². The fourth-order valence-electron chi connectivity index (χ4n) is 4.99. The van der Waals surface area contributed by atoms with E-state index in [4.69, 9.17) is 4.74 Å². The number of amides is 2. The number of aromatic nitrogens is 2. The van der Waals surface area contributed by atoms with Crippen LogP contribution in [0.25, 0.3) is 0 Å². The molecular weight excluding hydrogens is 468 g/mol. The van der Waals surface area contributed by atoms with Crippen molar-refractivity contribution in [1.82, 2.24) is 19.8 Å². The molecule has 1 aromatic heterocycles. The van der Waals surface area contributed by atoms with Gasteiger partial charge >= 0.3 is 6.09 Å². The van der Waals surface area contributed by atoms with Gasteiger partial charge in [0, 0.05) is 45.0 Å². The number of anilines is 2. The molecule has 2 atom stereocenters. The van der Waals surface area contributed by atoms with E-state index in [2.05, 4.69) is 71.8 Å². The van der Waals surface area contributed by atoms with Crippen LogP contribution < -0.4 is 10.2 Å². The first-order valence-corrected chi connectivity index (χ1v) is 13.1. The fourth-order valence-corrected chi connectivity index (χ4v) is 4.99. The SMILES string of the molecule is C=CC(=O)N1CCN(C(CC(C)C)c2ccc(C(C)Nc3ncc4c(n3)N(CC)C(=O)OC4)cc2)CC1. The second-order valence-electron chi connectivity index (χ2n) is 10.1. The summed E-state index contributed by atoms with van der Waals surface area (Å²) in [4.78, 5) is 39.0. The van der Waals surface area contributed by atoms with Crippen LogP contribution in [0, 0.1) is 5.92 Å². The van der Waals surface area contributed by atoms with E-state index in [1.54, 1.807) is 6.20 Å². The monoisotopic (exact) mass is 506 g/mol. The predicted octanol–water partition coefficient (Wildman–Crippen LogP) is 4.54. The lowest BCUT2D eigenvalue weighted by molar-refractivity contribution is -0.128. The van der Waals surface area contributed by atoms with Crippen LogP contribution in [-0.2, 0) is 16.1 Å². The van der Waals surface area contributed by atoms with Crippen molar-refractivity contribution in [1.29, 1.82) is 0 Å². The number of rotatable bonds is 9. The van der Waals surface area contributed by atoms with Gasteiger partial charge in [0.25, 0.3) is 0 Å². The van der Waals surface area contributed by atoms with E-state index in [1.807, 2.05) is 11.8 Å². The van der Waals surface area contributed by atoms with Crippen LogP contribution in [0.5, 0.6) is 0 Å². The molecule has 2 aromatic rings. The molecule has 37 heavy (non-hydrogen) atoms. The summed E-state index contributed by atoms with van der Waals surface area (Å²) >= 11 is 0. The van der Waals surface area contributed by atoms with Gasteiger partial charge in [0.05, 0.1) is 11.6 Å². The third kappa shape index (κ3) is 6.10. The molecule has 1 N–H and O–H groups in total. The zero-order chi connectivity index (χ0) is 26.5. The first-order chi connectivity index (χ1) is 17.8. The van der Waals surface area contributed by atoms with E-state index in [9.17, 15) is 9.59 Å². The van der Waals surface area contributed by atoms with Gasteiger partial charge < -0.3 is 15.0 Å². The lowest BCUT2D eigenvalue weighted by Crippen LogP contribution is -2.49. The molecule has 0 bridgehead atoms. The van der Waals surface area contributed by atoms with Crippen LogP contribution in [0.1, 0.15) is 62.9 Å². The van der Waals surface area contributed by atoms with Crippen LogP contribution in [0.4, 0.5) is 16.6 Å². The molecule has 0 saturated carbocycles. The maximum absolute atomic E-state index is 12.1. The fraction of sp³-hybridized carbons (Fsp3) is 0.500. The van der Waals surface area contributed by atoms with Gasteiger partial charge in [-0.25, -0.2) is 9.78 Å². The molecule has 1 fully saturated rings. The van der Waals surface area contributed by atoms with E-state index in [-0.39, 0.29) is 24.6 Å². The number of nitrogens with zero attached hydrogens (tertiary/aromatic N) is 5. The molecule has 9 nitrogen and oxygen atoms in total. The number of benzene rings is 1. The van der Waals surface area contributed by atoms with Crippen molar-refractivity contribution < 1.29 is 14.3 Å². The number of cyclic esters (lactones) is 1. The highest BCUT2D eigenvalue weighted by molar-refractivity contribution is 5.89. The molecule has 2 unspecified atom stereocenters. The number of piperazine rings is 1. The first kappa shape index (κ1) is 26.6. The van der Waals surface area contributed by atoms with Crippen LogP contribution in [0.15, 0.2) is 43.1 Å². The average Bonchev–Trinajstić information content (AvgIpc) is 2.91. The van der Waals surface area contributed by atoms with E-state index in [0.29, 0.717) is 30.3 Å². The Morgan fingerprint density at radius 2 is 1.81 bits per heavy atom. The van der Waals surface area contributed by atoms with E-state index in [0.717, 1.165) is 43.7 Å². The van der Waals surface area contributed by atoms with Gasteiger partial charge in [-0.2, -0.15) is 4.98 Å². The van der Waals surface area contributed by atoms with Crippen molar-refractivity contribution in [3.63, 3.8) is 0 Å². The zero-order valence-electron chi connectivity index (χ0n) is 22.3. The summed E-state index contributed by atoms with van der Waals surface area (Å²) in [6, 6.07) is 9.03. The minimum atomic E-state index is -0.382. The molecular formula is C28H38N6O3. The summed E-state index contributed by atoms with van der Waals surface area (Å²) in [6.45, 7) is 15.9. The van der Waals surface area contributed by atoms with Crippen LogP contribution in [-0.4, -0.2) is 64.5 Å². The predicted molar refractivity (Wildman–Crippen MR) is 144 cm³/mol. The third-order valence-corrected chi connectivity index (χ3v) is 7.09. The summed E-state index contributed by atoms with van der Waals surface area (Å²) in [5.74, 6) is 1.65. The maximum atomic E-state index is 12.1. The molecule has 0 aliphatic carbocycles. The molecule has 1 saturated heterocycles. The second-order valence-corrected chi connectivity index (χ2v) is 10.1. The molecule has 2 amide bonds. The topological polar surface area (TPSA) is 90.9 Å². The van der Waals surface area contributed by atoms with Crippen molar-refractivity contribution in [2.45, 2.75) is 52.8 Å². The Labute approximate surface area is 219 Å².